The van der Waals surface area contributed by atoms with Gasteiger partial charge in [0.15, 0.2) is 0 Å². The summed E-state index contributed by atoms with van der Waals surface area (Å²) >= 11 is 0.0164. The van der Waals surface area contributed by atoms with Crippen molar-refractivity contribution in [2.45, 2.75) is 6.42 Å². The molecule has 0 amide bonds. The second kappa shape index (κ2) is 5.00. The van der Waals surface area contributed by atoms with Crippen LogP contribution in [0.2, 0.25) is 0 Å². The molecule has 0 bridgehead atoms. The van der Waals surface area contributed by atoms with Crippen molar-refractivity contribution in [1.82, 2.24) is 4.98 Å². The number of aliphatic carboxylic acids is 1. The number of nitrogens with zero attached hydrogens (tertiary/aromatic N) is 1. The van der Waals surface area contributed by atoms with E-state index < -0.39 is 5.97 Å². The number of carbonyl (C=O) groups is 1. The first kappa shape index (κ1) is 12.1. The predicted octanol–water partition coefficient (Wildman–Crippen LogP) is 2.59. The zero-order chi connectivity index (χ0) is 13.2. The van der Waals surface area contributed by atoms with Gasteiger partial charge in [-0.25, -0.2) is 0 Å². The van der Waals surface area contributed by atoms with Gasteiger partial charge in [0.2, 0.25) is 0 Å². The molecule has 3 rings (SSSR count). The Labute approximate surface area is 116 Å². The van der Waals surface area contributed by atoms with Crippen molar-refractivity contribution < 1.29 is 9.90 Å². The Morgan fingerprint density at radius 2 is 1.95 bits per heavy atom. The van der Waals surface area contributed by atoms with Crippen molar-refractivity contribution in [1.29, 1.82) is 0 Å². The number of carboxylic acid groups (broad SMARTS) is 1. The van der Waals surface area contributed by atoms with Crippen molar-refractivity contribution in [2.24, 2.45) is 0 Å². The van der Waals surface area contributed by atoms with E-state index in [-0.39, 0.29) is 20.9 Å². The maximum atomic E-state index is 10.7. The first-order valence-corrected chi connectivity index (χ1v) is 7.60. The van der Waals surface area contributed by atoms with Crippen LogP contribution in [0, 0.1) is 0 Å². The van der Waals surface area contributed by atoms with Crippen LogP contribution in [0.25, 0.3) is 20.9 Å². The van der Waals surface area contributed by atoms with Gasteiger partial charge >= 0.3 is 116 Å². The Hall–Kier alpha value is -1.90. The summed E-state index contributed by atoms with van der Waals surface area (Å²) in [6, 6.07) is 14.3. The van der Waals surface area contributed by atoms with Gasteiger partial charge in [-0.05, 0) is 0 Å². The summed E-state index contributed by atoms with van der Waals surface area (Å²) in [6.45, 7) is 0. The van der Waals surface area contributed by atoms with Gasteiger partial charge in [-0.1, -0.05) is 0 Å². The zero-order valence-corrected chi connectivity index (χ0v) is 11.7. The normalized spacial score (nSPS) is 10.7. The van der Waals surface area contributed by atoms with Crippen LogP contribution in [0.5, 0.6) is 0 Å². The van der Waals surface area contributed by atoms with Crippen LogP contribution in [0.1, 0.15) is 4.44 Å². The number of hydrogen-bond acceptors (Lipinski definition) is 2. The standard InChI is InChI=1S/C15H11NO2Se/c17-14(18)8-11-9-16-15(19-11)13-7-3-5-10-4-1-2-6-12(10)13/h1-7,9H,8H2,(H,17,18). The van der Waals surface area contributed by atoms with Crippen LogP contribution >= 0.6 is 0 Å². The van der Waals surface area contributed by atoms with Gasteiger partial charge in [0.05, 0.1) is 0 Å². The molecule has 0 saturated carbocycles. The average molecular weight is 316 g/mol. The van der Waals surface area contributed by atoms with Crippen LogP contribution < -0.4 is 0 Å². The van der Waals surface area contributed by atoms with Crippen molar-refractivity contribution in [3.63, 3.8) is 0 Å². The number of carboxylic acids is 1. The Morgan fingerprint density at radius 3 is 2.79 bits per heavy atom. The predicted molar refractivity (Wildman–Crippen MR) is 75.5 cm³/mol. The van der Waals surface area contributed by atoms with Crippen molar-refractivity contribution in [2.75, 3.05) is 0 Å². The van der Waals surface area contributed by atoms with Crippen molar-refractivity contribution in [3.8, 4) is 10.1 Å². The van der Waals surface area contributed by atoms with Crippen molar-refractivity contribution in [3.05, 3.63) is 53.1 Å². The minimum atomic E-state index is -0.789. The van der Waals surface area contributed by atoms with Crippen LogP contribution in [0.4, 0.5) is 0 Å². The molecule has 3 nitrogen and oxygen atoms in total. The number of benzene rings is 2. The SMILES string of the molecule is O=C(O)Cc1cnc(-c2cccc3ccccc23)[se]1. The van der Waals surface area contributed by atoms with E-state index >= 15 is 0 Å². The molecule has 19 heavy (non-hydrogen) atoms. The molecule has 0 unspecified atom stereocenters. The molecule has 1 heterocycles. The molecule has 4 heteroatoms. The Balaban J connectivity index is 2.09. The topological polar surface area (TPSA) is 50.2 Å². The van der Waals surface area contributed by atoms with Gasteiger partial charge in [-0.2, -0.15) is 0 Å². The van der Waals surface area contributed by atoms with E-state index in [9.17, 15) is 4.79 Å². The third-order valence-electron chi connectivity index (χ3n) is 2.90. The summed E-state index contributed by atoms with van der Waals surface area (Å²) in [7, 11) is 0. The molecular weight excluding hydrogens is 305 g/mol. The maximum absolute atomic E-state index is 10.7. The average Bonchev–Trinajstić information content (AvgIpc) is 2.85. The van der Waals surface area contributed by atoms with E-state index in [1.165, 1.54) is 10.8 Å². The zero-order valence-electron chi connectivity index (χ0n) is 10.0. The van der Waals surface area contributed by atoms with E-state index in [1.807, 2.05) is 18.2 Å². The van der Waals surface area contributed by atoms with E-state index in [1.54, 1.807) is 6.20 Å². The van der Waals surface area contributed by atoms with Crippen LogP contribution in [0.3, 0.4) is 0 Å². The first-order chi connectivity index (χ1) is 9.24. The first-order valence-electron chi connectivity index (χ1n) is 5.88. The van der Waals surface area contributed by atoms with Gasteiger partial charge in [0.25, 0.3) is 0 Å². The molecule has 0 aliphatic rings. The second-order valence-corrected chi connectivity index (χ2v) is 6.57. The van der Waals surface area contributed by atoms with Crippen LogP contribution in [-0.4, -0.2) is 30.6 Å². The molecular formula is C15H11NO2Se. The van der Waals surface area contributed by atoms with Gasteiger partial charge in [-0.15, -0.1) is 0 Å². The van der Waals surface area contributed by atoms with Gasteiger partial charge in [-0.3, -0.25) is 0 Å². The number of hydrogen-bond donors (Lipinski definition) is 1. The number of fused-ring (bicyclic) bond motifs is 1. The Bertz CT molecular complexity index is 743. The summed E-state index contributed by atoms with van der Waals surface area (Å²) in [5, 5.41) is 11.2. The summed E-state index contributed by atoms with van der Waals surface area (Å²) in [5.41, 5.74) is 1.12. The van der Waals surface area contributed by atoms with Gasteiger partial charge in [0, 0.05) is 0 Å². The van der Waals surface area contributed by atoms with E-state index in [0.29, 0.717) is 0 Å². The molecule has 0 spiro atoms. The Morgan fingerprint density at radius 1 is 1.16 bits per heavy atom. The summed E-state index contributed by atoms with van der Waals surface area (Å²) < 4.78 is 1.93. The molecule has 94 valence electrons. The summed E-state index contributed by atoms with van der Waals surface area (Å²) in [5.74, 6) is -0.789. The molecule has 0 atom stereocenters. The van der Waals surface area contributed by atoms with Gasteiger partial charge in [0.1, 0.15) is 0 Å². The number of rotatable bonds is 3. The molecule has 3 aromatic rings. The quantitative estimate of drug-likeness (QED) is 0.756. The monoisotopic (exact) mass is 317 g/mol. The fourth-order valence-corrected chi connectivity index (χ4v) is 4.05. The summed E-state index contributed by atoms with van der Waals surface area (Å²) in [4.78, 5) is 15.1. The van der Waals surface area contributed by atoms with E-state index in [2.05, 4.69) is 29.2 Å². The molecule has 0 aliphatic heterocycles. The third-order valence-corrected chi connectivity index (χ3v) is 5.06. The molecule has 1 N–H and O–H groups in total. The molecule has 0 fully saturated rings. The van der Waals surface area contributed by atoms with Crippen LogP contribution in [0.15, 0.2) is 48.7 Å². The molecule has 1 aromatic heterocycles. The van der Waals surface area contributed by atoms with E-state index in [4.69, 9.17) is 5.11 Å². The number of aromatic nitrogens is 1. The van der Waals surface area contributed by atoms with Crippen molar-refractivity contribution >= 4 is 31.2 Å². The summed E-state index contributed by atoms with van der Waals surface area (Å²) in [6.07, 6.45) is 1.81. The molecule has 0 radical (unpaired) electrons. The second-order valence-electron chi connectivity index (χ2n) is 4.23. The third kappa shape index (κ3) is 2.46. The minimum absolute atomic E-state index is 0.0164. The van der Waals surface area contributed by atoms with E-state index in [0.717, 1.165) is 14.6 Å². The molecule has 0 aliphatic carbocycles. The fourth-order valence-electron chi connectivity index (χ4n) is 2.07. The van der Waals surface area contributed by atoms with Gasteiger partial charge < -0.3 is 0 Å². The van der Waals surface area contributed by atoms with Crippen LogP contribution in [-0.2, 0) is 11.2 Å². The Kier molecular flexibility index (Phi) is 3.20. The molecule has 2 aromatic carbocycles. The fraction of sp³-hybridized carbons (Fsp3) is 0.0667. The molecule has 0 saturated heterocycles.